The summed E-state index contributed by atoms with van der Waals surface area (Å²) in [5.74, 6) is 0. The van der Waals surface area contributed by atoms with Crippen LogP contribution in [0.3, 0.4) is 0 Å². The van der Waals surface area contributed by atoms with E-state index in [-0.39, 0.29) is 6.09 Å². The molecule has 0 aromatic carbocycles. The molecule has 1 aliphatic heterocycles. The Balaban J connectivity index is 2.12. The van der Waals surface area contributed by atoms with Gasteiger partial charge in [-0.3, -0.25) is 9.78 Å². The maximum Gasteiger partial charge on any atom is 0.410 e. The Bertz CT molecular complexity index is 506. The zero-order chi connectivity index (χ0) is 14.0. The third-order valence-electron chi connectivity index (χ3n) is 2.85. The number of nitrogens with zero attached hydrogens (tertiary/aromatic N) is 2. The lowest BCUT2D eigenvalue weighted by atomic mass is 10.0. The van der Waals surface area contributed by atoms with Crippen molar-refractivity contribution in [2.45, 2.75) is 39.3 Å². The number of hydrogen-bond acceptors (Lipinski definition) is 4. The zero-order valence-corrected chi connectivity index (χ0v) is 11.5. The Morgan fingerprint density at radius 1 is 1.47 bits per heavy atom. The second kappa shape index (κ2) is 4.99. The van der Waals surface area contributed by atoms with E-state index in [1.165, 1.54) is 0 Å². The summed E-state index contributed by atoms with van der Waals surface area (Å²) in [5.41, 5.74) is 1.90. The number of ether oxygens (including phenoxy) is 1. The normalized spacial score (nSPS) is 14.8. The van der Waals surface area contributed by atoms with Crippen molar-refractivity contribution < 1.29 is 14.3 Å². The third kappa shape index (κ3) is 3.30. The molecule has 102 valence electrons. The number of fused-ring (bicyclic) bond motifs is 1. The summed E-state index contributed by atoms with van der Waals surface area (Å²) in [4.78, 5) is 28.6. The molecule has 0 aliphatic carbocycles. The van der Waals surface area contributed by atoms with Crippen molar-refractivity contribution in [2.75, 3.05) is 6.54 Å². The van der Waals surface area contributed by atoms with Crippen LogP contribution >= 0.6 is 0 Å². The predicted molar refractivity (Wildman–Crippen MR) is 70.0 cm³/mol. The van der Waals surface area contributed by atoms with Gasteiger partial charge in [0.25, 0.3) is 0 Å². The lowest BCUT2D eigenvalue weighted by molar-refractivity contribution is 0.0223. The number of aldehydes is 1. The van der Waals surface area contributed by atoms with Gasteiger partial charge in [0, 0.05) is 30.4 Å². The summed E-state index contributed by atoms with van der Waals surface area (Å²) >= 11 is 0. The molecule has 1 amide bonds. The van der Waals surface area contributed by atoms with Crippen molar-refractivity contribution in [1.29, 1.82) is 0 Å². The van der Waals surface area contributed by atoms with E-state index in [0.29, 0.717) is 25.1 Å². The molecule has 0 fully saturated rings. The Labute approximate surface area is 112 Å². The highest BCUT2D eigenvalue weighted by Gasteiger charge is 2.26. The van der Waals surface area contributed by atoms with Gasteiger partial charge in [0.15, 0.2) is 6.29 Å². The quantitative estimate of drug-likeness (QED) is 0.728. The summed E-state index contributed by atoms with van der Waals surface area (Å²) in [6, 6.07) is 1.78. The minimum absolute atomic E-state index is 0.324. The number of carbonyl (C=O) groups is 2. The molecule has 0 spiro atoms. The van der Waals surface area contributed by atoms with Crippen molar-refractivity contribution in [1.82, 2.24) is 9.88 Å². The fraction of sp³-hybridized carbons (Fsp3) is 0.500. The maximum atomic E-state index is 12.0. The molecule has 19 heavy (non-hydrogen) atoms. The van der Waals surface area contributed by atoms with Crippen LogP contribution < -0.4 is 0 Å². The van der Waals surface area contributed by atoms with Gasteiger partial charge in [-0.2, -0.15) is 0 Å². The van der Waals surface area contributed by atoms with Crippen molar-refractivity contribution in [3.05, 3.63) is 29.1 Å². The molecule has 1 aliphatic rings. The molecule has 2 heterocycles. The van der Waals surface area contributed by atoms with Crippen LogP contribution in [-0.4, -0.2) is 34.4 Å². The number of amides is 1. The van der Waals surface area contributed by atoms with Crippen LogP contribution in [0.2, 0.25) is 0 Å². The molecule has 2 rings (SSSR count). The lowest BCUT2D eigenvalue weighted by Crippen LogP contribution is -2.40. The van der Waals surface area contributed by atoms with Crippen LogP contribution in [0.25, 0.3) is 0 Å². The first-order chi connectivity index (χ1) is 8.89. The van der Waals surface area contributed by atoms with Gasteiger partial charge in [-0.1, -0.05) is 0 Å². The monoisotopic (exact) mass is 262 g/mol. The molecule has 0 unspecified atom stereocenters. The van der Waals surface area contributed by atoms with E-state index in [1.807, 2.05) is 20.8 Å². The zero-order valence-electron chi connectivity index (χ0n) is 11.5. The molecule has 0 radical (unpaired) electrons. The Hall–Kier alpha value is -1.91. The summed E-state index contributed by atoms with van der Waals surface area (Å²) in [7, 11) is 0. The summed E-state index contributed by atoms with van der Waals surface area (Å²) in [6.45, 7) is 6.56. The standard InChI is InChI=1S/C14H18N2O3/c1-14(2,3)19-13(18)16-5-4-12-11(8-16)6-10(9-17)7-15-12/h6-7,9H,4-5,8H2,1-3H3. The molecular weight excluding hydrogens is 244 g/mol. The highest BCUT2D eigenvalue weighted by Crippen LogP contribution is 2.20. The van der Waals surface area contributed by atoms with Gasteiger partial charge in [-0.05, 0) is 32.4 Å². The number of aromatic nitrogens is 1. The highest BCUT2D eigenvalue weighted by atomic mass is 16.6. The smallest absolute Gasteiger partial charge is 0.410 e. The lowest BCUT2D eigenvalue weighted by Gasteiger charge is -2.30. The van der Waals surface area contributed by atoms with Gasteiger partial charge >= 0.3 is 6.09 Å². The van der Waals surface area contributed by atoms with Crippen molar-refractivity contribution >= 4 is 12.4 Å². The van der Waals surface area contributed by atoms with Crippen LogP contribution in [0, 0.1) is 0 Å². The third-order valence-corrected chi connectivity index (χ3v) is 2.85. The molecule has 0 bridgehead atoms. The fourth-order valence-corrected chi connectivity index (χ4v) is 1.99. The highest BCUT2D eigenvalue weighted by molar-refractivity contribution is 5.75. The van der Waals surface area contributed by atoms with E-state index in [0.717, 1.165) is 17.5 Å². The van der Waals surface area contributed by atoms with Crippen molar-refractivity contribution in [3.63, 3.8) is 0 Å². The van der Waals surface area contributed by atoms with Gasteiger partial charge in [0.1, 0.15) is 5.60 Å². The number of carbonyl (C=O) groups excluding carboxylic acids is 2. The Morgan fingerprint density at radius 2 is 2.21 bits per heavy atom. The molecule has 0 N–H and O–H groups in total. The molecular formula is C14H18N2O3. The van der Waals surface area contributed by atoms with Gasteiger partial charge in [-0.15, -0.1) is 0 Å². The number of rotatable bonds is 1. The van der Waals surface area contributed by atoms with Crippen LogP contribution in [0.4, 0.5) is 4.79 Å². The molecule has 5 heteroatoms. The van der Waals surface area contributed by atoms with E-state index in [4.69, 9.17) is 4.74 Å². The second-order valence-electron chi connectivity index (χ2n) is 5.64. The number of hydrogen-bond donors (Lipinski definition) is 0. The topological polar surface area (TPSA) is 59.5 Å². The average molecular weight is 262 g/mol. The molecule has 1 aromatic rings. The summed E-state index contributed by atoms with van der Waals surface area (Å²) < 4.78 is 5.35. The first kappa shape index (κ1) is 13.5. The first-order valence-electron chi connectivity index (χ1n) is 6.30. The number of pyridine rings is 1. The summed E-state index contributed by atoms with van der Waals surface area (Å²) in [5, 5.41) is 0. The fourth-order valence-electron chi connectivity index (χ4n) is 1.99. The molecule has 5 nitrogen and oxygen atoms in total. The van der Waals surface area contributed by atoms with Gasteiger partial charge in [-0.25, -0.2) is 4.79 Å². The van der Waals surface area contributed by atoms with Crippen LogP contribution in [0.5, 0.6) is 0 Å². The minimum Gasteiger partial charge on any atom is -0.444 e. The maximum absolute atomic E-state index is 12.0. The summed E-state index contributed by atoms with van der Waals surface area (Å²) in [6.07, 6.45) is 2.69. The van der Waals surface area contributed by atoms with Crippen LogP contribution in [-0.2, 0) is 17.7 Å². The van der Waals surface area contributed by atoms with E-state index < -0.39 is 5.60 Å². The predicted octanol–water partition coefficient (Wildman–Crippen LogP) is 2.19. The van der Waals surface area contributed by atoms with Crippen LogP contribution in [0.1, 0.15) is 42.4 Å². The van der Waals surface area contributed by atoms with Crippen molar-refractivity contribution in [2.24, 2.45) is 0 Å². The van der Waals surface area contributed by atoms with E-state index in [2.05, 4.69) is 4.98 Å². The first-order valence-corrected chi connectivity index (χ1v) is 6.30. The molecule has 0 saturated heterocycles. The van der Waals surface area contributed by atoms with E-state index in [9.17, 15) is 9.59 Å². The largest absolute Gasteiger partial charge is 0.444 e. The van der Waals surface area contributed by atoms with Crippen LogP contribution in [0.15, 0.2) is 12.3 Å². The van der Waals surface area contributed by atoms with E-state index in [1.54, 1.807) is 17.2 Å². The molecule has 0 atom stereocenters. The SMILES string of the molecule is CC(C)(C)OC(=O)N1CCc2ncc(C=O)cc2C1. The van der Waals surface area contributed by atoms with Gasteiger partial charge < -0.3 is 9.64 Å². The van der Waals surface area contributed by atoms with Gasteiger partial charge in [0.05, 0.1) is 6.54 Å². The van der Waals surface area contributed by atoms with Gasteiger partial charge in [0.2, 0.25) is 0 Å². The van der Waals surface area contributed by atoms with E-state index >= 15 is 0 Å². The molecule has 0 saturated carbocycles. The Morgan fingerprint density at radius 3 is 2.84 bits per heavy atom. The average Bonchev–Trinajstić information content (AvgIpc) is 2.35. The molecule has 1 aromatic heterocycles. The Kier molecular flexibility index (Phi) is 3.55. The van der Waals surface area contributed by atoms with Crippen molar-refractivity contribution in [3.8, 4) is 0 Å². The second-order valence-corrected chi connectivity index (χ2v) is 5.64. The minimum atomic E-state index is -0.500.